The first-order valence-corrected chi connectivity index (χ1v) is 10.2. The van der Waals surface area contributed by atoms with Gasteiger partial charge in [0, 0.05) is 45.3 Å². The van der Waals surface area contributed by atoms with Crippen LogP contribution in [0.1, 0.15) is 36.1 Å². The largest absolute Gasteiger partial charge is 0.356 e. The van der Waals surface area contributed by atoms with Crippen LogP contribution in [0.2, 0.25) is 0 Å². The molecule has 7 nitrogen and oxygen atoms in total. The van der Waals surface area contributed by atoms with E-state index in [1.807, 2.05) is 20.3 Å². The number of aryl methyl sites for hydroxylation is 1. The Labute approximate surface area is 184 Å². The number of hydrogen-bond acceptors (Lipinski definition) is 5. The van der Waals surface area contributed by atoms with Crippen molar-refractivity contribution in [3.63, 3.8) is 0 Å². The van der Waals surface area contributed by atoms with Gasteiger partial charge in [0.1, 0.15) is 5.01 Å². The van der Waals surface area contributed by atoms with E-state index in [0.29, 0.717) is 6.54 Å². The van der Waals surface area contributed by atoms with Gasteiger partial charge in [0.05, 0.1) is 12.6 Å². The van der Waals surface area contributed by atoms with E-state index in [2.05, 4.69) is 32.4 Å². The van der Waals surface area contributed by atoms with E-state index in [9.17, 15) is 4.79 Å². The number of thiazole rings is 1. The fourth-order valence-corrected chi connectivity index (χ4v) is 3.94. The summed E-state index contributed by atoms with van der Waals surface area (Å²) < 4.78 is 0. The number of carbonyl (C=O) groups excluding carboxylic acids is 1. The Balaban J connectivity index is 0.00000364. The zero-order valence-electron chi connectivity index (χ0n) is 16.8. The number of carbonyl (C=O) groups is 1. The lowest BCUT2D eigenvalue weighted by Gasteiger charge is -2.26. The molecule has 1 saturated heterocycles. The molecular formula is C18H33IN6OS. The molecule has 0 radical (unpaired) electrons. The maximum atomic E-state index is 12.2. The zero-order valence-corrected chi connectivity index (χ0v) is 20.0. The number of nitrogens with zero attached hydrogens (tertiary/aromatic N) is 4. The molecule has 1 unspecified atom stereocenters. The summed E-state index contributed by atoms with van der Waals surface area (Å²) in [7, 11) is 5.45. The van der Waals surface area contributed by atoms with Crippen molar-refractivity contribution in [2.75, 3.05) is 40.8 Å². The van der Waals surface area contributed by atoms with Crippen LogP contribution in [0, 0.1) is 0 Å². The highest BCUT2D eigenvalue weighted by atomic mass is 127. The Morgan fingerprint density at radius 1 is 1.44 bits per heavy atom. The van der Waals surface area contributed by atoms with Crippen molar-refractivity contribution in [2.24, 2.45) is 4.99 Å². The Bertz CT molecular complexity index is 606. The summed E-state index contributed by atoms with van der Waals surface area (Å²) in [5.41, 5.74) is 0. The summed E-state index contributed by atoms with van der Waals surface area (Å²) in [5.74, 6) is 1.02. The molecule has 1 amide bonds. The quantitative estimate of drug-likeness (QED) is 0.243. The van der Waals surface area contributed by atoms with Gasteiger partial charge in [0.15, 0.2) is 5.96 Å². The van der Waals surface area contributed by atoms with E-state index >= 15 is 0 Å². The molecule has 27 heavy (non-hydrogen) atoms. The van der Waals surface area contributed by atoms with Crippen molar-refractivity contribution in [3.8, 4) is 0 Å². The Morgan fingerprint density at radius 3 is 2.85 bits per heavy atom. The number of guanidine groups is 1. The van der Waals surface area contributed by atoms with Crippen LogP contribution in [0.15, 0.2) is 11.2 Å². The van der Waals surface area contributed by atoms with Crippen LogP contribution in [0.5, 0.6) is 0 Å². The lowest BCUT2D eigenvalue weighted by atomic mass is 10.2. The summed E-state index contributed by atoms with van der Waals surface area (Å²) in [5, 5.41) is 7.73. The van der Waals surface area contributed by atoms with Gasteiger partial charge >= 0.3 is 0 Å². The smallest absolute Gasteiger partial charge is 0.239 e. The molecule has 154 valence electrons. The van der Waals surface area contributed by atoms with Crippen molar-refractivity contribution in [1.82, 2.24) is 25.4 Å². The van der Waals surface area contributed by atoms with Crippen molar-refractivity contribution in [2.45, 2.75) is 45.2 Å². The van der Waals surface area contributed by atoms with Crippen molar-refractivity contribution in [3.05, 3.63) is 16.1 Å². The van der Waals surface area contributed by atoms with Gasteiger partial charge in [-0.05, 0) is 32.2 Å². The molecule has 1 aromatic rings. The molecule has 1 aromatic heterocycles. The minimum Gasteiger partial charge on any atom is -0.356 e. The van der Waals surface area contributed by atoms with Gasteiger partial charge in [0.2, 0.25) is 5.91 Å². The molecule has 9 heteroatoms. The van der Waals surface area contributed by atoms with Crippen molar-refractivity contribution >= 4 is 47.2 Å². The molecule has 1 atom stereocenters. The molecule has 1 fully saturated rings. The Morgan fingerprint density at radius 2 is 2.22 bits per heavy atom. The number of amides is 1. The SMILES string of the molecule is CCc1cnc(CNC(=NC)NCCCN2CCCC2C(=O)N(C)C)s1.I. The van der Waals surface area contributed by atoms with Gasteiger partial charge in [-0.1, -0.05) is 6.92 Å². The third-order valence-electron chi connectivity index (χ3n) is 4.58. The number of aliphatic imine (C=N–C) groups is 1. The molecule has 0 aliphatic carbocycles. The van der Waals surface area contributed by atoms with Crippen LogP contribution < -0.4 is 10.6 Å². The number of halogens is 1. The van der Waals surface area contributed by atoms with Gasteiger partial charge in [-0.2, -0.15) is 0 Å². The maximum Gasteiger partial charge on any atom is 0.239 e. The lowest BCUT2D eigenvalue weighted by Crippen LogP contribution is -2.44. The van der Waals surface area contributed by atoms with Crippen LogP contribution in [0.25, 0.3) is 0 Å². The number of nitrogens with one attached hydrogen (secondary N) is 2. The Hall–Kier alpha value is -0.940. The van der Waals surface area contributed by atoms with Gasteiger partial charge < -0.3 is 15.5 Å². The molecule has 0 aromatic carbocycles. The topological polar surface area (TPSA) is 72.9 Å². The number of aromatic nitrogens is 1. The van der Waals surface area contributed by atoms with E-state index in [0.717, 1.165) is 56.3 Å². The molecule has 1 aliphatic heterocycles. The van der Waals surface area contributed by atoms with E-state index in [-0.39, 0.29) is 35.9 Å². The number of likely N-dealkylation sites (tertiary alicyclic amines) is 1. The average Bonchev–Trinajstić information content (AvgIpc) is 3.29. The predicted octanol–water partition coefficient (Wildman–Crippen LogP) is 1.93. The lowest BCUT2D eigenvalue weighted by molar-refractivity contribution is -0.133. The summed E-state index contributed by atoms with van der Waals surface area (Å²) >= 11 is 1.74. The van der Waals surface area contributed by atoms with E-state index in [1.165, 1.54) is 4.88 Å². The van der Waals surface area contributed by atoms with E-state index < -0.39 is 0 Å². The molecule has 2 heterocycles. The second-order valence-corrected chi connectivity index (χ2v) is 7.91. The van der Waals surface area contributed by atoms with Gasteiger partial charge in [-0.3, -0.25) is 14.7 Å². The molecule has 0 bridgehead atoms. The summed E-state index contributed by atoms with van der Waals surface area (Å²) in [4.78, 5) is 26.2. The highest BCUT2D eigenvalue weighted by molar-refractivity contribution is 14.0. The molecule has 2 N–H and O–H groups in total. The second kappa shape index (κ2) is 12.5. The summed E-state index contributed by atoms with van der Waals surface area (Å²) in [6.45, 7) is 5.61. The number of rotatable bonds is 8. The van der Waals surface area contributed by atoms with Crippen LogP contribution in [0.4, 0.5) is 0 Å². The van der Waals surface area contributed by atoms with Gasteiger partial charge in [-0.15, -0.1) is 35.3 Å². The van der Waals surface area contributed by atoms with E-state index in [1.54, 1.807) is 23.3 Å². The minimum absolute atomic E-state index is 0. The molecule has 0 saturated carbocycles. The second-order valence-electron chi connectivity index (χ2n) is 6.71. The van der Waals surface area contributed by atoms with E-state index in [4.69, 9.17) is 0 Å². The van der Waals surface area contributed by atoms with Gasteiger partial charge in [0.25, 0.3) is 0 Å². The van der Waals surface area contributed by atoms with Crippen molar-refractivity contribution in [1.29, 1.82) is 0 Å². The average molecular weight is 508 g/mol. The number of hydrogen-bond donors (Lipinski definition) is 2. The van der Waals surface area contributed by atoms with Crippen LogP contribution in [-0.4, -0.2) is 73.5 Å². The molecule has 0 spiro atoms. The standard InChI is InChI=1S/C18H32N6OS.HI/c1-5-14-12-21-16(26-14)13-22-18(19-2)20-9-7-11-24-10-6-8-15(24)17(25)23(3)4;/h12,15H,5-11,13H2,1-4H3,(H2,19,20,22);1H. The van der Waals surface area contributed by atoms with Crippen molar-refractivity contribution < 1.29 is 4.79 Å². The molecule has 2 rings (SSSR count). The van der Waals surface area contributed by atoms with Crippen LogP contribution in [0.3, 0.4) is 0 Å². The minimum atomic E-state index is 0. The van der Waals surface area contributed by atoms with Crippen LogP contribution >= 0.6 is 35.3 Å². The predicted molar refractivity (Wildman–Crippen MR) is 123 cm³/mol. The monoisotopic (exact) mass is 508 g/mol. The highest BCUT2D eigenvalue weighted by Gasteiger charge is 2.30. The zero-order chi connectivity index (χ0) is 18.9. The fourth-order valence-electron chi connectivity index (χ4n) is 3.13. The highest BCUT2D eigenvalue weighted by Crippen LogP contribution is 2.18. The Kier molecular flexibility index (Phi) is 11.2. The third kappa shape index (κ3) is 7.53. The summed E-state index contributed by atoms with van der Waals surface area (Å²) in [6.07, 6.45) is 6.03. The van der Waals surface area contributed by atoms with Crippen LogP contribution in [-0.2, 0) is 17.8 Å². The fraction of sp³-hybridized carbons (Fsp3) is 0.722. The normalized spacial score (nSPS) is 17.5. The first kappa shape index (κ1) is 24.1. The number of likely N-dealkylation sites (N-methyl/N-ethyl adjacent to an activating group) is 1. The first-order valence-electron chi connectivity index (χ1n) is 9.38. The third-order valence-corrected chi connectivity index (χ3v) is 5.73. The molecule has 1 aliphatic rings. The maximum absolute atomic E-state index is 12.2. The first-order chi connectivity index (χ1) is 12.5. The molecular weight excluding hydrogens is 475 g/mol. The van der Waals surface area contributed by atoms with Gasteiger partial charge in [-0.25, -0.2) is 4.98 Å². The summed E-state index contributed by atoms with van der Waals surface area (Å²) in [6, 6.07) is 0.0557.